The van der Waals surface area contributed by atoms with Crippen LogP contribution >= 0.6 is 0 Å². The van der Waals surface area contributed by atoms with E-state index in [-0.39, 0.29) is 29.4 Å². The molecule has 0 spiro atoms. The van der Waals surface area contributed by atoms with Crippen LogP contribution in [-0.2, 0) is 0 Å². The van der Waals surface area contributed by atoms with Gasteiger partial charge in [0.1, 0.15) is 5.82 Å². The normalized spacial score (nSPS) is 10.6. The van der Waals surface area contributed by atoms with Gasteiger partial charge in [-0.25, -0.2) is 4.39 Å². The molecule has 0 aliphatic rings. The molecule has 0 aliphatic carbocycles. The number of hydrogen-bond donors (Lipinski definition) is 1. The zero-order valence-corrected chi connectivity index (χ0v) is 13.1. The van der Waals surface area contributed by atoms with Crippen LogP contribution in [-0.4, -0.2) is 19.1 Å². The minimum Gasteiger partial charge on any atom is -0.490 e. The molecular weight excluding hydrogens is 323 g/mol. The molecule has 128 valence electrons. The molecule has 0 atom stereocenters. The summed E-state index contributed by atoms with van der Waals surface area (Å²) in [6.45, 7) is 0.498. The molecule has 24 heavy (non-hydrogen) atoms. The first-order valence-electron chi connectivity index (χ1n) is 7.20. The van der Waals surface area contributed by atoms with Crippen molar-refractivity contribution in [3.8, 4) is 11.5 Å². The lowest BCUT2D eigenvalue weighted by molar-refractivity contribution is -0.0514. The number of rotatable bonds is 6. The first kappa shape index (κ1) is 17.7. The summed E-state index contributed by atoms with van der Waals surface area (Å²) in [6, 6.07) is 8.14. The van der Waals surface area contributed by atoms with Crippen molar-refractivity contribution < 1.29 is 27.4 Å². The zero-order valence-electron chi connectivity index (χ0n) is 13.1. The number of nitrogens with one attached hydrogen (secondary N) is 1. The summed E-state index contributed by atoms with van der Waals surface area (Å²) >= 11 is 0. The van der Waals surface area contributed by atoms with Crippen molar-refractivity contribution in [2.75, 3.05) is 11.9 Å². The van der Waals surface area contributed by atoms with Gasteiger partial charge in [0.25, 0.3) is 5.91 Å². The highest BCUT2D eigenvalue weighted by Crippen LogP contribution is 2.30. The van der Waals surface area contributed by atoms with Gasteiger partial charge in [0.05, 0.1) is 6.61 Å². The number of amides is 1. The van der Waals surface area contributed by atoms with Crippen LogP contribution in [0.5, 0.6) is 11.5 Å². The quantitative estimate of drug-likeness (QED) is 0.849. The van der Waals surface area contributed by atoms with E-state index in [1.54, 1.807) is 19.9 Å². The third-order valence-electron chi connectivity index (χ3n) is 3.15. The van der Waals surface area contributed by atoms with Gasteiger partial charge in [0.2, 0.25) is 0 Å². The van der Waals surface area contributed by atoms with Crippen molar-refractivity contribution in [3.63, 3.8) is 0 Å². The molecule has 0 unspecified atom stereocenters. The Morgan fingerprint density at radius 1 is 1.17 bits per heavy atom. The molecule has 0 aliphatic heterocycles. The third kappa shape index (κ3) is 4.41. The van der Waals surface area contributed by atoms with E-state index >= 15 is 0 Å². The Hall–Kier alpha value is -2.70. The van der Waals surface area contributed by atoms with E-state index in [0.717, 1.165) is 0 Å². The number of hydrogen-bond acceptors (Lipinski definition) is 3. The number of halogens is 3. The molecule has 2 rings (SSSR count). The third-order valence-corrected chi connectivity index (χ3v) is 3.15. The highest BCUT2D eigenvalue weighted by molar-refractivity contribution is 6.04. The van der Waals surface area contributed by atoms with E-state index in [4.69, 9.17) is 4.74 Å². The van der Waals surface area contributed by atoms with Crippen molar-refractivity contribution in [2.45, 2.75) is 20.5 Å². The molecule has 0 fully saturated rings. The van der Waals surface area contributed by atoms with Crippen LogP contribution in [0.2, 0.25) is 0 Å². The summed E-state index contributed by atoms with van der Waals surface area (Å²) in [6.07, 6.45) is 0. The monoisotopic (exact) mass is 339 g/mol. The molecule has 0 heterocycles. The van der Waals surface area contributed by atoms with E-state index in [2.05, 4.69) is 10.1 Å². The molecule has 0 saturated heterocycles. The highest BCUT2D eigenvalue weighted by Gasteiger charge is 2.15. The molecule has 1 amide bonds. The van der Waals surface area contributed by atoms with Gasteiger partial charge in [-0.15, -0.1) is 0 Å². The average molecular weight is 339 g/mol. The average Bonchev–Trinajstić information content (AvgIpc) is 2.52. The predicted octanol–water partition coefficient (Wildman–Crippen LogP) is 4.39. The zero-order chi connectivity index (χ0) is 17.7. The minimum absolute atomic E-state index is 0.0283. The largest absolute Gasteiger partial charge is 0.490 e. The van der Waals surface area contributed by atoms with Crippen LogP contribution in [0.15, 0.2) is 36.4 Å². The molecule has 1 N–H and O–H groups in total. The molecule has 4 nitrogen and oxygen atoms in total. The lowest BCUT2D eigenvalue weighted by Gasteiger charge is -2.13. The molecule has 0 bridgehead atoms. The SMILES string of the molecule is CCOc1cc(C(=O)Nc2ccc(C)c(F)c2)ccc1OC(F)F. The van der Waals surface area contributed by atoms with Gasteiger partial charge in [-0.1, -0.05) is 6.07 Å². The van der Waals surface area contributed by atoms with E-state index < -0.39 is 18.3 Å². The second-order valence-electron chi connectivity index (χ2n) is 4.89. The van der Waals surface area contributed by atoms with Gasteiger partial charge in [-0.2, -0.15) is 8.78 Å². The number of benzene rings is 2. The number of carbonyl (C=O) groups excluding carboxylic acids is 1. The first-order chi connectivity index (χ1) is 11.4. The maximum Gasteiger partial charge on any atom is 0.387 e. The molecule has 2 aromatic rings. The predicted molar refractivity (Wildman–Crippen MR) is 83.3 cm³/mol. The second-order valence-corrected chi connectivity index (χ2v) is 4.89. The Kier molecular flexibility index (Phi) is 5.68. The number of alkyl halides is 2. The number of anilines is 1. The highest BCUT2D eigenvalue weighted by atomic mass is 19.3. The van der Waals surface area contributed by atoms with E-state index in [1.807, 2.05) is 0 Å². The van der Waals surface area contributed by atoms with Gasteiger partial charge in [0, 0.05) is 11.3 Å². The second kappa shape index (κ2) is 7.72. The Morgan fingerprint density at radius 2 is 1.92 bits per heavy atom. The van der Waals surface area contributed by atoms with Crippen molar-refractivity contribution in [2.24, 2.45) is 0 Å². The smallest absolute Gasteiger partial charge is 0.387 e. The summed E-state index contributed by atoms with van der Waals surface area (Å²) < 4.78 is 47.8. The fourth-order valence-electron chi connectivity index (χ4n) is 1.98. The summed E-state index contributed by atoms with van der Waals surface area (Å²) in [5.74, 6) is -1.10. The number of ether oxygens (including phenoxy) is 2. The lowest BCUT2D eigenvalue weighted by Crippen LogP contribution is -2.13. The maximum atomic E-state index is 13.5. The van der Waals surface area contributed by atoms with Crippen LogP contribution in [0, 0.1) is 12.7 Å². The molecule has 0 aromatic heterocycles. The van der Waals surface area contributed by atoms with E-state index in [1.165, 1.54) is 30.3 Å². The van der Waals surface area contributed by atoms with Crippen LogP contribution in [0.25, 0.3) is 0 Å². The summed E-state index contributed by atoms with van der Waals surface area (Å²) in [4.78, 5) is 12.2. The van der Waals surface area contributed by atoms with Crippen molar-refractivity contribution >= 4 is 11.6 Å². The van der Waals surface area contributed by atoms with Crippen LogP contribution < -0.4 is 14.8 Å². The minimum atomic E-state index is -3.00. The lowest BCUT2D eigenvalue weighted by atomic mass is 10.1. The summed E-state index contributed by atoms with van der Waals surface area (Å²) in [7, 11) is 0. The van der Waals surface area contributed by atoms with Crippen LogP contribution in [0.4, 0.5) is 18.9 Å². The van der Waals surface area contributed by atoms with E-state index in [0.29, 0.717) is 5.56 Å². The Balaban J connectivity index is 2.22. The molecule has 0 radical (unpaired) electrons. The Morgan fingerprint density at radius 3 is 2.54 bits per heavy atom. The van der Waals surface area contributed by atoms with Gasteiger partial charge in [0.15, 0.2) is 11.5 Å². The van der Waals surface area contributed by atoms with Crippen molar-refractivity contribution in [3.05, 3.63) is 53.3 Å². The Bertz CT molecular complexity index is 735. The molecular formula is C17H16F3NO3. The van der Waals surface area contributed by atoms with Gasteiger partial charge < -0.3 is 14.8 Å². The standard InChI is InChI=1S/C17H16F3NO3/c1-3-23-15-8-11(5-7-14(15)24-17(19)20)16(22)21-12-6-4-10(2)13(18)9-12/h4-9,17H,3H2,1-2H3,(H,21,22). The Labute approximate surface area is 137 Å². The van der Waals surface area contributed by atoms with Crippen molar-refractivity contribution in [1.29, 1.82) is 0 Å². The number of carbonyl (C=O) groups is 1. The van der Waals surface area contributed by atoms with Gasteiger partial charge in [-0.05, 0) is 49.7 Å². The topological polar surface area (TPSA) is 47.6 Å². The first-order valence-corrected chi connectivity index (χ1v) is 7.20. The molecule has 7 heteroatoms. The molecule has 2 aromatic carbocycles. The van der Waals surface area contributed by atoms with Crippen molar-refractivity contribution in [1.82, 2.24) is 0 Å². The van der Waals surface area contributed by atoms with Crippen LogP contribution in [0.1, 0.15) is 22.8 Å². The summed E-state index contributed by atoms with van der Waals surface area (Å²) in [5.41, 5.74) is 0.912. The fourth-order valence-corrected chi connectivity index (χ4v) is 1.98. The van der Waals surface area contributed by atoms with E-state index in [9.17, 15) is 18.0 Å². The number of aryl methyl sites for hydroxylation is 1. The van der Waals surface area contributed by atoms with Gasteiger partial charge >= 0.3 is 6.61 Å². The summed E-state index contributed by atoms with van der Waals surface area (Å²) in [5, 5.41) is 2.53. The maximum absolute atomic E-state index is 13.5. The van der Waals surface area contributed by atoms with Gasteiger partial charge in [-0.3, -0.25) is 4.79 Å². The fraction of sp³-hybridized carbons (Fsp3) is 0.235. The van der Waals surface area contributed by atoms with Crippen LogP contribution in [0.3, 0.4) is 0 Å². The molecule has 0 saturated carbocycles.